The van der Waals surface area contributed by atoms with Crippen molar-refractivity contribution in [1.82, 2.24) is 0 Å². The lowest BCUT2D eigenvalue weighted by Crippen LogP contribution is -2.10. The average Bonchev–Trinajstić information content (AvgIpc) is 2.41. The summed E-state index contributed by atoms with van der Waals surface area (Å²) in [6, 6.07) is 7.45. The van der Waals surface area contributed by atoms with Crippen molar-refractivity contribution in [1.29, 1.82) is 0 Å². The Labute approximate surface area is 107 Å². The zero-order valence-electron chi connectivity index (χ0n) is 10.5. The third-order valence-corrected chi connectivity index (χ3v) is 2.11. The number of aliphatic hydroxyl groups is 1. The van der Waals surface area contributed by atoms with Gasteiger partial charge in [0.15, 0.2) is 0 Å². The third kappa shape index (κ3) is 5.69. The fourth-order valence-corrected chi connectivity index (χ4v) is 1.29. The third-order valence-electron chi connectivity index (χ3n) is 2.11. The molecule has 0 atom stereocenters. The highest BCUT2D eigenvalue weighted by atomic mass is 16.5. The van der Waals surface area contributed by atoms with Crippen LogP contribution in [0.1, 0.15) is 5.56 Å². The normalized spacial score (nSPS) is 9.67. The average molecular weight is 250 g/mol. The molecule has 0 heterocycles. The highest BCUT2D eigenvalue weighted by Gasteiger charge is 1.99. The minimum Gasteiger partial charge on any atom is -0.490 e. The van der Waals surface area contributed by atoms with Gasteiger partial charge in [-0.3, -0.25) is 0 Å². The molecule has 4 heteroatoms. The van der Waals surface area contributed by atoms with Crippen LogP contribution in [-0.2, 0) is 9.47 Å². The van der Waals surface area contributed by atoms with Crippen molar-refractivity contribution < 1.29 is 19.3 Å². The summed E-state index contributed by atoms with van der Waals surface area (Å²) < 4.78 is 15.7. The summed E-state index contributed by atoms with van der Waals surface area (Å²) in [5.74, 6) is 6.14. The molecule has 0 saturated heterocycles. The second-order valence-electron chi connectivity index (χ2n) is 3.41. The molecule has 0 saturated carbocycles. The Morgan fingerprint density at radius 2 is 1.89 bits per heavy atom. The van der Waals surface area contributed by atoms with E-state index < -0.39 is 0 Å². The molecule has 1 aromatic carbocycles. The van der Waals surface area contributed by atoms with Gasteiger partial charge in [0.2, 0.25) is 0 Å². The summed E-state index contributed by atoms with van der Waals surface area (Å²) in [6.07, 6.45) is 0. The Balaban J connectivity index is 2.37. The van der Waals surface area contributed by atoms with E-state index in [1.165, 1.54) is 0 Å². The second-order valence-corrected chi connectivity index (χ2v) is 3.41. The summed E-state index contributed by atoms with van der Waals surface area (Å²) in [4.78, 5) is 0. The molecule has 0 aliphatic rings. The van der Waals surface area contributed by atoms with Crippen molar-refractivity contribution in [2.75, 3.05) is 40.1 Å². The van der Waals surface area contributed by atoms with Gasteiger partial charge < -0.3 is 19.3 Å². The number of ether oxygens (including phenoxy) is 3. The number of hydrogen-bond acceptors (Lipinski definition) is 4. The summed E-state index contributed by atoms with van der Waals surface area (Å²) in [6.45, 7) is 1.95. The molecule has 0 amide bonds. The van der Waals surface area contributed by atoms with Crippen LogP contribution in [0.3, 0.4) is 0 Å². The van der Waals surface area contributed by atoms with E-state index in [1.54, 1.807) is 7.11 Å². The van der Waals surface area contributed by atoms with E-state index in [0.29, 0.717) is 32.2 Å². The second kappa shape index (κ2) is 9.49. The number of hydrogen-bond donors (Lipinski definition) is 1. The molecule has 98 valence electrons. The summed E-state index contributed by atoms with van der Waals surface area (Å²) in [5.41, 5.74) is 0.767. The van der Waals surface area contributed by atoms with Crippen LogP contribution in [0.5, 0.6) is 5.75 Å². The van der Waals surface area contributed by atoms with Gasteiger partial charge in [0.05, 0.1) is 25.4 Å². The molecule has 1 aromatic rings. The number of para-hydroxylation sites is 1. The molecule has 0 fully saturated rings. The minimum absolute atomic E-state index is 0.158. The van der Waals surface area contributed by atoms with Crippen LogP contribution in [0.25, 0.3) is 0 Å². The number of aliphatic hydroxyl groups excluding tert-OH is 1. The van der Waals surface area contributed by atoms with Crippen LogP contribution in [0.2, 0.25) is 0 Å². The SMILES string of the molecule is COCCOCCOc1ccccc1C#CCO. The van der Waals surface area contributed by atoms with E-state index in [0.717, 1.165) is 5.56 Å². The van der Waals surface area contributed by atoms with Gasteiger partial charge in [-0.25, -0.2) is 0 Å². The Hall–Kier alpha value is -1.54. The fraction of sp³-hybridized carbons (Fsp3) is 0.429. The molecule has 0 bridgehead atoms. The number of benzene rings is 1. The van der Waals surface area contributed by atoms with Gasteiger partial charge in [-0.05, 0) is 12.1 Å². The Bertz CT molecular complexity index is 392. The van der Waals surface area contributed by atoms with E-state index in [2.05, 4.69) is 11.8 Å². The van der Waals surface area contributed by atoms with Crippen molar-refractivity contribution >= 4 is 0 Å². The van der Waals surface area contributed by atoms with Crippen LogP contribution in [-0.4, -0.2) is 45.3 Å². The van der Waals surface area contributed by atoms with Gasteiger partial charge in [-0.2, -0.15) is 0 Å². The minimum atomic E-state index is -0.158. The van der Waals surface area contributed by atoms with Crippen molar-refractivity contribution in [3.8, 4) is 17.6 Å². The first-order valence-electron chi connectivity index (χ1n) is 5.76. The van der Waals surface area contributed by atoms with E-state index in [1.807, 2.05) is 24.3 Å². The van der Waals surface area contributed by atoms with Crippen molar-refractivity contribution in [2.45, 2.75) is 0 Å². The molecule has 0 spiro atoms. The molecule has 1 N–H and O–H groups in total. The molecular formula is C14H18O4. The van der Waals surface area contributed by atoms with Crippen molar-refractivity contribution in [3.63, 3.8) is 0 Å². The summed E-state index contributed by atoms with van der Waals surface area (Å²) in [5, 5.41) is 8.67. The van der Waals surface area contributed by atoms with Crippen LogP contribution in [0.15, 0.2) is 24.3 Å². The van der Waals surface area contributed by atoms with E-state index in [-0.39, 0.29) is 6.61 Å². The lowest BCUT2D eigenvalue weighted by atomic mass is 10.2. The Morgan fingerprint density at radius 3 is 2.67 bits per heavy atom. The van der Waals surface area contributed by atoms with E-state index >= 15 is 0 Å². The highest BCUT2D eigenvalue weighted by molar-refractivity contribution is 5.45. The monoisotopic (exact) mass is 250 g/mol. The van der Waals surface area contributed by atoms with Crippen LogP contribution in [0.4, 0.5) is 0 Å². The lowest BCUT2D eigenvalue weighted by molar-refractivity contribution is 0.0544. The van der Waals surface area contributed by atoms with E-state index in [4.69, 9.17) is 19.3 Å². The van der Waals surface area contributed by atoms with Crippen LogP contribution in [0, 0.1) is 11.8 Å². The maximum atomic E-state index is 8.67. The maximum Gasteiger partial charge on any atom is 0.135 e. The molecule has 0 aromatic heterocycles. The first-order valence-corrected chi connectivity index (χ1v) is 5.76. The Kier molecular flexibility index (Phi) is 7.65. The standard InChI is InChI=1S/C14H18O4/c1-16-9-10-17-11-12-18-14-7-3-2-5-13(14)6-4-8-15/h2-3,5,7,15H,8-12H2,1H3. The highest BCUT2D eigenvalue weighted by Crippen LogP contribution is 2.16. The van der Waals surface area contributed by atoms with Gasteiger partial charge in [0.25, 0.3) is 0 Å². The largest absolute Gasteiger partial charge is 0.490 e. The molecule has 4 nitrogen and oxygen atoms in total. The quantitative estimate of drug-likeness (QED) is 0.581. The van der Waals surface area contributed by atoms with E-state index in [9.17, 15) is 0 Å². The van der Waals surface area contributed by atoms with Crippen LogP contribution < -0.4 is 4.74 Å². The first kappa shape index (κ1) is 14.5. The fourth-order valence-electron chi connectivity index (χ4n) is 1.29. The van der Waals surface area contributed by atoms with Gasteiger partial charge in [0.1, 0.15) is 19.0 Å². The molecule has 0 aliphatic carbocycles. The molecular weight excluding hydrogens is 232 g/mol. The smallest absolute Gasteiger partial charge is 0.135 e. The summed E-state index contributed by atoms with van der Waals surface area (Å²) in [7, 11) is 1.63. The number of rotatable bonds is 7. The molecule has 0 radical (unpaired) electrons. The maximum absolute atomic E-state index is 8.67. The predicted molar refractivity (Wildman–Crippen MR) is 68.6 cm³/mol. The van der Waals surface area contributed by atoms with Gasteiger partial charge >= 0.3 is 0 Å². The number of methoxy groups -OCH3 is 1. The zero-order chi connectivity index (χ0) is 13.1. The zero-order valence-corrected chi connectivity index (χ0v) is 10.5. The summed E-state index contributed by atoms with van der Waals surface area (Å²) >= 11 is 0. The van der Waals surface area contributed by atoms with Crippen LogP contribution >= 0.6 is 0 Å². The predicted octanol–water partition coefficient (Wildman–Crippen LogP) is 1.07. The van der Waals surface area contributed by atoms with Gasteiger partial charge in [0, 0.05) is 7.11 Å². The topological polar surface area (TPSA) is 47.9 Å². The Morgan fingerprint density at radius 1 is 1.11 bits per heavy atom. The molecule has 0 aliphatic heterocycles. The lowest BCUT2D eigenvalue weighted by Gasteiger charge is -2.08. The first-order chi connectivity index (χ1) is 8.88. The van der Waals surface area contributed by atoms with Crippen molar-refractivity contribution in [2.24, 2.45) is 0 Å². The molecule has 0 unspecified atom stereocenters. The van der Waals surface area contributed by atoms with Crippen molar-refractivity contribution in [3.05, 3.63) is 29.8 Å². The van der Waals surface area contributed by atoms with Gasteiger partial charge in [-0.15, -0.1) is 0 Å². The molecule has 1 rings (SSSR count). The van der Waals surface area contributed by atoms with Gasteiger partial charge in [-0.1, -0.05) is 24.0 Å². The molecule has 18 heavy (non-hydrogen) atoms.